The van der Waals surface area contributed by atoms with Crippen LogP contribution in [0.1, 0.15) is 12.8 Å². The number of hydrogen-bond acceptors (Lipinski definition) is 1. The average molecular weight is 140 g/mol. The highest BCUT2D eigenvalue weighted by molar-refractivity contribution is 7.84. The van der Waals surface area contributed by atoms with Gasteiger partial charge in [-0.1, -0.05) is 4.31 Å². The summed E-state index contributed by atoms with van der Waals surface area (Å²) in [5, 5.41) is 0. The van der Waals surface area contributed by atoms with Crippen molar-refractivity contribution in [2.45, 2.75) is 12.8 Å². The minimum Gasteiger partial charge on any atom is -0.0517 e. The Balaban J connectivity index is 2.24. The largest absolute Gasteiger partial charge is 0.526 e. The predicted octanol–water partition coefficient (Wildman–Crippen LogP) is 1.38. The molecule has 0 amide bonds. The Hall–Kier alpha value is 0.170. The third-order valence-corrected chi connectivity index (χ3v) is 2.02. The molecule has 0 bridgehead atoms. The summed E-state index contributed by atoms with van der Waals surface area (Å²) < 4.78 is 24.6. The van der Waals surface area contributed by atoms with Crippen molar-refractivity contribution in [1.29, 1.82) is 0 Å². The summed E-state index contributed by atoms with van der Waals surface area (Å²) in [5.41, 5.74) is 0. The fourth-order valence-electron chi connectivity index (χ4n) is 0.826. The Bertz CT molecular complexity index is 72.4. The number of rotatable bonds is 1. The van der Waals surface area contributed by atoms with Crippen LogP contribution in [0, 0.1) is 0 Å². The quantitative estimate of drug-likeness (QED) is 0.497. The van der Waals surface area contributed by atoms with Gasteiger partial charge in [-0.2, -0.15) is 0 Å². The molecule has 0 unspecified atom stereocenters. The summed E-state index contributed by atoms with van der Waals surface area (Å²) in [6, 6.07) is 0. The SMILES string of the molecule is F[S+](F)N1CCCC1. The van der Waals surface area contributed by atoms with Gasteiger partial charge in [-0.25, -0.2) is 0 Å². The summed E-state index contributed by atoms with van der Waals surface area (Å²) in [7, 11) is 0. The van der Waals surface area contributed by atoms with Crippen LogP contribution in [-0.2, 0) is 11.9 Å². The Labute approximate surface area is 50.7 Å². The Morgan fingerprint density at radius 1 is 1.12 bits per heavy atom. The first-order valence-electron chi connectivity index (χ1n) is 2.62. The van der Waals surface area contributed by atoms with Gasteiger partial charge in [0.15, 0.2) is 0 Å². The standard InChI is InChI=1S/C4H8F2NS/c5-8(6)7-3-1-2-4-7/h1-4H2/q+1. The van der Waals surface area contributed by atoms with Crippen molar-refractivity contribution in [1.82, 2.24) is 4.31 Å². The van der Waals surface area contributed by atoms with Gasteiger partial charge in [-0.3, -0.25) is 0 Å². The molecule has 1 fully saturated rings. The Morgan fingerprint density at radius 2 is 1.62 bits per heavy atom. The van der Waals surface area contributed by atoms with Gasteiger partial charge in [-0.05, 0) is 12.8 Å². The van der Waals surface area contributed by atoms with Crippen LogP contribution in [0.3, 0.4) is 0 Å². The molecule has 1 aliphatic rings. The lowest BCUT2D eigenvalue weighted by atomic mass is 10.4. The van der Waals surface area contributed by atoms with Crippen molar-refractivity contribution >= 4 is 11.9 Å². The molecular formula is C4H8F2NS+. The van der Waals surface area contributed by atoms with E-state index in [1.54, 1.807) is 0 Å². The molecule has 0 saturated carbocycles. The predicted molar refractivity (Wildman–Crippen MR) is 30.4 cm³/mol. The molecule has 1 rings (SSSR count). The molecule has 48 valence electrons. The summed E-state index contributed by atoms with van der Waals surface area (Å²) >= 11 is -2.46. The first kappa shape index (κ1) is 6.29. The Kier molecular flexibility index (Phi) is 2.08. The van der Waals surface area contributed by atoms with Crippen molar-refractivity contribution < 1.29 is 7.77 Å². The molecule has 1 saturated heterocycles. The maximum atomic E-state index is 11.7. The second-order valence-electron chi connectivity index (χ2n) is 1.83. The number of hydrogen-bond donors (Lipinski definition) is 0. The van der Waals surface area contributed by atoms with E-state index in [0.29, 0.717) is 13.1 Å². The summed E-state index contributed by atoms with van der Waals surface area (Å²) in [5.74, 6) is 0. The topological polar surface area (TPSA) is 3.24 Å². The first-order valence-corrected chi connectivity index (χ1v) is 3.61. The normalized spacial score (nSPS) is 22.9. The second-order valence-corrected chi connectivity index (χ2v) is 2.74. The van der Waals surface area contributed by atoms with E-state index in [9.17, 15) is 7.77 Å². The molecule has 0 aromatic carbocycles. The van der Waals surface area contributed by atoms with E-state index >= 15 is 0 Å². The van der Waals surface area contributed by atoms with Crippen LogP contribution >= 0.6 is 0 Å². The van der Waals surface area contributed by atoms with Crippen LogP contribution in [-0.4, -0.2) is 17.4 Å². The summed E-state index contributed by atoms with van der Waals surface area (Å²) in [6.07, 6.45) is 1.88. The zero-order valence-electron chi connectivity index (χ0n) is 4.44. The maximum Gasteiger partial charge on any atom is 0.526 e. The van der Waals surface area contributed by atoms with Crippen molar-refractivity contribution in [2.24, 2.45) is 0 Å². The van der Waals surface area contributed by atoms with Crippen LogP contribution in [0.15, 0.2) is 0 Å². The van der Waals surface area contributed by atoms with E-state index in [-0.39, 0.29) is 0 Å². The summed E-state index contributed by atoms with van der Waals surface area (Å²) in [6.45, 7) is 1.19. The van der Waals surface area contributed by atoms with E-state index in [0.717, 1.165) is 12.8 Å². The van der Waals surface area contributed by atoms with Crippen LogP contribution in [0.25, 0.3) is 0 Å². The fraction of sp³-hybridized carbons (Fsp3) is 1.00. The molecule has 1 nitrogen and oxygen atoms in total. The molecule has 8 heavy (non-hydrogen) atoms. The first-order chi connectivity index (χ1) is 3.80. The van der Waals surface area contributed by atoms with Gasteiger partial charge in [0.25, 0.3) is 0 Å². The van der Waals surface area contributed by atoms with Gasteiger partial charge >= 0.3 is 11.9 Å². The molecule has 0 aromatic rings. The third kappa shape index (κ3) is 1.32. The van der Waals surface area contributed by atoms with Crippen molar-refractivity contribution in [3.63, 3.8) is 0 Å². The van der Waals surface area contributed by atoms with Gasteiger partial charge in [0.05, 0.1) is 20.9 Å². The lowest BCUT2D eigenvalue weighted by molar-refractivity contribution is 0.509. The van der Waals surface area contributed by atoms with Gasteiger partial charge in [0, 0.05) is 0 Å². The van der Waals surface area contributed by atoms with E-state index in [2.05, 4.69) is 0 Å². The van der Waals surface area contributed by atoms with Crippen LogP contribution in [0.2, 0.25) is 0 Å². The van der Waals surface area contributed by atoms with Crippen molar-refractivity contribution in [3.05, 3.63) is 0 Å². The molecule has 0 spiro atoms. The molecule has 0 N–H and O–H groups in total. The van der Waals surface area contributed by atoms with Gasteiger partial charge in [-0.15, -0.1) is 0 Å². The smallest absolute Gasteiger partial charge is 0.0517 e. The molecular weight excluding hydrogens is 132 g/mol. The van der Waals surface area contributed by atoms with E-state index in [1.165, 1.54) is 4.31 Å². The average Bonchev–Trinajstić information content (AvgIpc) is 2.12. The van der Waals surface area contributed by atoms with Crippen molar-refractivity contribution in [2.75, 3.05) is 13.1 Å². The minimum absolute atomic E-state index is 0.593. The lowest BCUT2D eigenvalue weighted by Crippen LogP contribution is -2.20. The highest BCUT2D eigenvalue weighted by Crippen LogP contribution is 2.16. The van der Waals surface area contributed by atoms with Gasteiger partial charge in [0.1, 0.15) is 0 Å². The second kappa shape index (κ2) is 2.64. The number of halogens is 2. The molecule has 0 aliphatic carbocycles. The van der Waals surface area contributed by atoms with E-state index in [4.69, 9.17) is 0 Å². The lowest BCUT2D eigenvalue weighted by Gasteiger charge is -1.94. The highest BCUT2D eigenvalue weighted by atomic mass is 32.3. The van der Waals surface area contributed by atoms with Crippen LogP contribution in [0.4, 0.5) is 7.77 Å². The van der Waals surface area contributed by atoms with E-state index in [1.807, 2.05) is 0 Å². The molecule has 1 aliphatic heterocycles. The van der Waals surface area contributed by atoms with Crippen LogP contribution in [0.5, 0.6) is 0 Å². The summed E-state index contributed by atoms with van der Waals surface area (Å²) in [4.78, 5) is 0. The molecule has 0 radical (unpaired) electrons. The van der Waals surface area contributed by atoms with Gasteiger partial charge < -0.3 is 0 Å². The van der Waals surface area contributed by atoms with Crippen molar-refractivity contribution in [3.8, 4) is 0 Å². The molecule has 0 aromatic heterocycles. The fourth-order valence-corrected chi connectivity index (χ4v) is 1.36. The van der Waals surface area contributed by atoms with Gasteiger partial charge in [0.2, 0.25) is 0 Å². The van der Waals surface area contributed by atoms with Crippen LogP contribution < -0.4 is 0 Å². The zero-order chi connectivity index (χ0) is 5.98. The minimum atomic E-state index is -2.46. The monoisotopic (exact) mass is 140 g/mol. The number of nitrogens with zero attached hydrogens (tertiary/aromatic N) is 1. The van der Waals surface area contributed by atoms with E-state index < -0.39 is 11.9 Å². The third-order valence-electron chi connectivity index (χ3n) is 1.26. The molecule has 1 heterocycles. The molecule has 0 atom stereocenters. The molecule has 4 heteroatoms. The highest BCUT2D eigenvalue weighted by Gasteiger charge is 2.34. The Morgan fingerprint density at radius 3 is 1.88 bits per heavy atom. The zero-order valence-corrected chi connectivity index (χ0v) is 5.26. The maximum absolute atomic E-state index is 11.7.